The molecule has 0 fully saturated rings. The van der Waals surface area contributed by atoms with Gasteiger partial charge in [0.15, 0.2) is 0 Å². The molecule has 4 heteroatoms. The fourth-order valence-corrected chi connectivity index (χ4v) is 1.35. The van der Waals surface area contributed by atoms with Crippen LogP contribution in [-0.4, -0.2) is 17.2 Å². The van der Waals surface area contributed by atoms with Gasteiger partial charge < -0.3 is 10.0 Å². The number of rotatable bonds is 1. The molecule has 0 unspecified atom stereocenters. The minimum absolute atomic E-state index is 0.525. The van der Waals surface area contributed by atoms with Gasteiger partial charge in [0.25, 0.3) is 0 Å². The van der Waals surface area contributed by atoms with Crippen molar-refractivity contribution in [3.63, 3.8) is 0 Å². The van der Waals surface area contributed by atoms with Crippen molar-refractivity contribution >= 4 is 28.5 Å². The zero-order chi connectivity index (χ0) is 11.8. The minimum Gasteiger partial charge on any atom is -0.423 e. The van der Waals surface area contributed by atoms with Gasteiger partial charge in [0.1, 0.15) is 0 Å². The Morgan fingerprint density at radius 3 is 1.44 bits per heavy atom. The molecule has 0 saturated carbocycles. The molecule has 2 nitrogen and oxygen atoms in total. The average molecular weight is 279 g/mol. The molecule has 0 heterocycles. The fraction of sp³-hybridized carbons (Fsp3) is 0. The van der Waals surface area contributed by atoms with Gasteiger partial charge in [-0.2, -0.15) is 0 Å². The Morgan fingerprint density at radius 2 is 1.19 bits per heavy atom. The fourth-order valence-electron chi connectivity index (χ4n) is 1.04. The third-order valence-electron chi connectivity index (χ3n) is 1.83. The maximum atomic E-state index is 8.58. The molecule has 0 saturated heterocycles. The molecule has 0 amide bonds. The molecule has 0 bridgehead atoms. The molecule has 0 radical (unpaired) electrons. The van der Waals surface area contributed by atoms with E-state index in [1.165, 1.54) is 0 Å². The van der Waals surface area contributed by atoms with Crippen molar-refractivity contribution in [3.8, 4) is 0 Å². The van der Waals surface area contributed by atoms with Crippen LogP contribution in [-0.2, 0) is 0 Å². The lowest BCUT2D eigenvalue weighted by Crippen LogP contribution is -2.29. The summed E-state index contributed by atoms with van der Waals surface area (Å²) in [5, 5.41) is 17.2. The van der Waals surface area contributed by atoms with Crippen LogP contribution in [0.5, 0.6) is 0 Å². The predicted octanol–water partition coefficient (Wildman–Crippen LogP) is 1.82. The third-order valence-corrected chi connectivity index (χ3v) is 2.36. The molecule has 82 valence electrons. The van der Waals surface area contributed by atoms with Gasteiger partial charge in [-0.25, -0.2) is 0 Å². The van der Waals surface area contributed by atoms with Crippen LogP contribution in [0.1, 0.15) is 0 Å². The van der Waals surface area contributed by atoms with Gasteiger partial charge in [-0.15, -0.1) is 0 Å². The van der Waals surface area contributed by atoms with E-state index in [2.05, 4.69) is 15.9 Å². The smallest absolute Gasteiger partial charge is 0.423 e. The highest BCUT2D eigenvalue weighted by atomic mass is 79.9. The van der Waals surface area contributed by atoms with Crippen LogP contribution < -0.4 is 5.46 Å². The molecule has 2 aromatic carbocycles. The summed E-state index contributed by atoms with van der Waals surface area (Å²) in [5.41, 5.74) is 0.525. The van der Waals surface area contributed by atoms with Crippen LogP contribution in [0, 0.1) is 0 Å². The van der Waals surface area contributed by atoms with E-state index in [0.717, 1.165) is 4.47 Å². The van der Waals surface area contributed by atoms with Gasteiger partial charge in [0.2, 0.25) is 0 Å². The minimum atomic E-state index is -1.34. The Labute approximate surface area is 104 Å². The van der Waals surface area contributed by atoms with Gasteiger partial charge in [-0.05, 0) is 17.6 Å². The largest absolute Gasteiger partial charge is 0.488 e. The van der Waals surface area contributed by atoms with E-state index in [0.29, 0.717) is 5.46 Å². The van der Waals surface area contributed by atoms with Crippen molar-refractivity contribution < 1.29 is 10.0 Å². The first-order valence-corrected chi connectivity index (χ1v) is 5.61. The normalized spacial score (nSPS) is 8.94. The second kappa shape index (κ2) is 7.22. The molecule has 2 rings (SSSR count). The molecule has 0 atom stereocenters. The van der Waals surface area contributed by atoms with E-state index < -0.39 is 7.12 Å². The van der Waals surface area contributed by atoms with Crippen LogP contribution in [0.4, 0.5) is 0 Å². The SMILES string of the molecule is Brc1ccccc1.OB(O)c1ccccc1. The molecular formula is C12H12BBrO2. The maximum absolute atomic E-state index is 8.58. The maximum Gasteiger partial charge on any atom is 0.488 e. The van der Waals surface area contributed by atoms with Crippen LogP contribution in [0.25, 0.3) is 0 Å². The Balaban J connectivity index is 0.000000165. The van der Waals surface area contributed by atoms with Crippen molar-refractivity contribution in [2.45, 2.75) is 0 Å². The Hall–Kier alpha value is -1.10. The second-order valence-electron chi connectivity index (χ2n) is 3.08. The van der Waals surface area contributed by atoms with E-state index in [-0.39, 0.29) is 0 Å². The van der Waals surface area contributed by atoms with Gasteiger partial charge in [0.05, 0.1) is 0 Å². The molecule has 0 spiro atoms. The highest BCUT2D eigenvalue weighted by molar-refractivity contribution is 9.10. The van der Waals surface area contributed by atoms with Crippen molar-refractivity contribution in [2.75, 3.05) is 0 Å². The highest BCUT2D eigenvalue weighted by Crippen LogP contribution is 2.05. The van der Waals surface area contributed by atoms with E-state index in [9.17, 15) is 0 Å². The summed E-state index contributed by atoms with van der Waals surface area (Å²) < 4.78 is 1.13. The Morgan fingerprint density at radius 1 is 0.750 bits per heavy atom. The number of hydrogen-bond acceptors (Lipinski definition) is 2. The first-order chi connectivity index (χ1) is 7.70. The van der Waals surface area contributed by atoms with Crippen LogP contribution >= 0.6 is 15.9 Å². The summed E-state index contributed by atoms with van der Waals surface area (Å²) >= 11 is 3.31. The van der Waals surface area contributed by atoms with Crippen molar-refractivity contribution in [2.24, 2.45) is 0 Å². The summed E-state index contributed by atoms with van der Waals surface area (Å²) in [7, 11) is -1.34. The first kappa shape index (κ1) is 13.0. The second-order valence-corrected chi connectivity index (χ2v) is 4.00. The van der Waals surface area contributed by atoms with Crippen molar-refractivity contribution in [3.05, 3.63) is 65.1 Å². The molecular weight excluding hydrogens is 267 g/mol. The van der Waals surface area contributed by atoms with E-state index in [1.807, 2.05) is 36.4 Å². The summed E-state index contributed by atoms with van der Waals surface area (Å²) in [4.78, 5) is 0. The monoisotopic (exact) mass is 278 g/mol. The molecule has 0 aromatic heterocycles. The summed E-state index contributed by atoms with van der Waals surface area (Å²) in [6, 6.07) is 18.6. The van der Waals surface area contributed by atoms with Crippen molar-refractivity contribution in [1.29, 1.82) is 0 Å². The number of halogens is 1. The topological polar surface area (TPSA) is 40.5 Å². The van der Waals surface area contributed by atoms with Crippen molar-refractivity contribution in [1.82, 2.24) is 0 Å². The standard InChI is InChI=1S/C6H7BO2.C6H5Br/c8-7(9)6-4-2-1-3-5-6;7-6-4-2-1-3-5-6/h1-5,8-9H;1-5H. The highest BCUT2D eigenvalue weighted by Gasteiger charge is 2.07. The number of benzene rings is 2. The predicted molar refractivity (Wildman–Crippen MR) is 70.4 cm³/mol. The first-order valence-electron chi connectivity index (χ1n) is 4.82. The van der Waals surface area contributed by atoms with E-state index in [1.54, 1.807) is 24.3 Å². The van der Waals surface area contributed by atoms with Crippen LogP contribution in [0.2, 0.25) is 0 Å². The van der Waals surface area contributed by atoms with Gasteiger partial charge in [0, 0.05) is 4.47 Å². The molecule has 2 aromatic rings. The third kappa shape index (κ3) is 5.12. The van der Waals surface area contributed by atoms with E-state index >= 15 is 0 Å². The van der Waals surface area contributed by atoms with Gasteiger partial charge in [-0.3, -0.25) is 0 Å². The summed E-state index contributed by atoms with van der Waals surface area (Å²) in [6.45, 7) is 0. The van der Waals surface area contributed by atoms with Crippen LogP contribution in [0.3, 0.4) is 0 Å². The lowest BCUT2D eigenvalue weighted by Gasteiger charge is -1.94. The van der Waals surface area contributed by atoms with Gasteiger partial charge in [-0.1, -0.05) is 64.5 Å². The Bertz CT molecular complexity index is 392. The van der Waals surface area contributed by atoms with E-state index in [4.69, 9.17) is 10.0 Å². The lowest BCUT2D eigenvalue weighted by molar-refractivity contribution is 0.426. The summed E-state index contributed by atoms with van der Waals surface area (Å²) in [5.74, 6) is 0. The molecule has 0 aliphatic heterocycles. The molecule has 16 heavy (non-hydrogen) atoms. The molecule has 2 N–H and O–H groups in total. The average Bonchev–Trinajstić information content (AvgIpc) is 2.32. The van der Waals surface area contributed by atoms with Gasteiger partial charge >= 0.3 is 7.12 Å². The zero-order valence-electron chi connectivity index (χ0n) is 8.62. The Kier molecular flexibility index (Phi) is 5.86. The lowest BCUT2D eigenvalue weighted by atomic mass is 9.81. The quantitative estimate of drug-likeness (QED) is 0.782. The van der Waals surface area contributed by atoms with Crippen LogP contribution in [0.15, 0.2) is 65.1 Å². The summed E-state index contributed by atoms with van der Waals surface area (Å²) in [6.07, 6.45) is 0. The zero-order valence-corrected chi connectivity index (χ0v) is 10.2. The number of hydrogen-bond donors (Lipinski definition) is 2. The molecule has 0 aliphatic carbocycles. The molecule has 0 aliphatic rings.